The molecule has 0 aliphatic carbocycles. The van der Waals surface area contributed by atoms with Gasteiger partial charge < -0.3 is 4.98 Å². The summed E-state index contributed by atoms with van der Waals surface area (Å²) in [6.45, 7) is 0. The average Bonchev–Trinajstić information content (AvgIpc) is 3.89. The zero-order valence-electron chi connectivity index (χ0n) is 24.8. The van der Waals surface area contributed by atoms with Crippen LogP contribution in [0.4, 0.5) is 0 Å². The molecule has 2 aromatic carbocycles. The van der Waals surface area contributed by atoms with E-state index in [0.29, 0.717) is 15.4 Å². The summed E-state index contributed by atoms with van der Waals surface area (Å²) in [5.74, 6) is 0. The Balaban J connectivity index is 0.000000184. The Morgan fingerprint density at radius 3 is 1.88 bits per heavy atom. The predicted octanol–water partition coefficient (Wildman–Crippen LogP) is 10.5. The van der Waals surface area contributed by atoms with Gasteiger partial charge >= 0.3 is 0 Å². The summed E-state index contributed by atoms with van der Waals surface area (Å²) < 4.78 is 52.8. The molecule has 0 amide bonds. The predicted molar refractivity (Wildman–Crippen MR) is 220 cm³/mol. The molecule has 10 nitrogen and oxygen atoms in total. The molecule has 0 aliphatic rings. The standard InChI is InChI=1S/C15H11BrClN3O2S2.C10H10BrN.C5H2Cl2N2O2S2.2CH4/c16-6-5-10-9-20(12-4-2-1-3-11(10)12)24(21,22)14-13(17)18-15-19(14)7-8-23-15;11-6-5-8-7-12-10-4-2-1-3-9(8)10;6-3-4(13(7,10)11)9-1-2-12-5(9)8-3;;/h1-4,7-9H,5-6H2;1-4,7,12H,5-6H2;1-2H;2*1H4. The smallest absolute Gasteiger partial charge is 0.287 e. The quantitative estimate of drug-likeness (QED) is 0.125. The Morgan fingerprint density at radius 2 is 1.27 bits per heavy atom. The molecular formula is C32H31Br2Cl3N6O4S4. The topological polar surface area (TPSA) is 124 Å². The van der Waals surface area contributed by atoms with Crippen molar-refractivity contribution in [2.75, 3.05) is 10.7 Å². The molecule has 0 atom stereocenters. The number of rotatable bonds is 7. The summed E-state index contributed by atoms with van der Waals surface area (Å²) in [4.78, 5) is 12.3. The number of alkyl halides is 2. The first-order valence-corrected chi connectivity index (χ1v) is 22.6. The van der Waals surface area contributed by atoms with Crippen LogP contribution in [0.5, 0.6) is 0 Å². The van der Waals surface area contributed by atoms with E-state index in [1.165, 1.54) is 51.9 Å². The Labute approximate surface area is 334 Å². The highest BCUT2D eigenvalue weighted by molar-refractivity contribution is 9.09. The minimum atomic E-state index is -3.87. The summed E-state index contributed by atoms with van der Waals surface area (Å²) in [6, 6.07) is 15.8. The van der Waals surface area contributed by atoms with Gasteiger partial charge in [-0.2, -0.15) is 8.42 Å². The summed E-state index contributed by atoms with van der Waals surface area (Å²) >= 11 is 21.2. The number of nitrogens with zero attached hydrogens (tertiary/aromatic N) is 5. The van der Waals surface area contributed by atoms with Crippen molar-refractivity contribution in [2.45, 2.75) is 37.7 Å². The van der Waals surface area contributed by atoms with Gasteiger partial charge in [-0.1, -0.05) is 106 Å². The van der Waals surface area contributed by atoms with Gasteiger partial charge in [0.05, 0.1) is 5.52 Å². The lowest BCUT2D eigenvalue weighted by Gasteiger charge is -2.06. The van der Waals surface area contributed by atoms with Crippen molar-refractivity contribution in [3.8, 4) is 0 Å². The lowest BCUT2D eigenvalue weighted by Crippen LogP contribution is -2.14. The summed E-state index contributed by atoms with van der Waals surface area (Å²) in [6.07, 6.45) is 8.79. The molecule has 8 aromatic rings. The Morgan fingerprint density at radius 1 is 0.745 bits per heavy atom. The van der Waals surface area contributed by atoms with Gasteiger partial charge in [-0.3, -0.25) is 8.80 Å². The number of para-hydroxylation sites is 2. The van der Waals surface area contributed by atoms with Gasteiger partial charge in [-0.05, 0) is 36.1 Å². The number of fused-ring (bicyclic) bond motifs is 4. The number of halogens is 5. The van der Waals surface area contributed by atoms with Crippen LogP contribution in [0.25, 0.3) is 31.7 Å². The zero-order chi connectivity index (χ0) is 34.9. The van der Waals surface area contributed by atoms with Crippen LogP contribution in [0.3, 0.4) is 0 Å². The Bertz CT molecular complexity index is 2640. The molecule has 51 heavy (non-hydrogen) atoms. The number of hydrogen-bond donors (Lipinski definition) is 1. The highest BCUT2D eigenvalue weighted by atomic mass is 79.9. The lowest BCUT2D eigenvalue weighted by molar-refractivity contribution is 0.584. The van der Waals surface area contributed by atoms with Crippen molar-refractivity contribution in [1.29, 1.82) is 0 Å². The molecule has 8 rings (SSSR count). The van der Waals surface area contributed by atoms with E-state index in [0.717, 1.165) is 34.5 Å². The van der Waals surface area contributed by atoms with Crippen molar-refractivity contribution < 1.29 is 16.8 Å². The second kappa shape index (κ2) is 17.2. The van der Waals surface area contributed by atoms with Gasteiger partial charge in [0.15, 0.2) is 25.3 Å². The largest absolute Gasteiger partial charge is 0.361 e. The first-order chi connectivity index (χ1) is 23.5. The molecule has 19 heteroatoms. The minimum absolute atomic E-state index is 0. The highest BCUT2D eigenvalue weighted by Gasteiger charge is 2.29. The highest BCUT2D eigenvalue weighted by Crippen LogP contribution is 2.32. The molecule has 0 fully saturated rings. The van der Waals surface area contributed by atoms with E-state index in [1.807, 2.05) is 18.2 Å². The molecular weight excluding hydrogens is 927 g/mol. The Kier molecular flexibility index (Phi) is 13.9. The first-order valence-electron chi connectivity index (χ1n) is 14.1. The van der Waals surface area contributed by atoms with Crippen LogP contribution in [0.1, 0.15) is 26.0 Å². The molecule has 0 radical (unpaired) electrons. The maximum atomic E-state index is 13.3. The molecule has 0 spiro atoms. The van der Waals surface area contributed by atoms with E-state index in [1.54, 1.807) is 35.4 Å². The fraction of sp³-hybridized carbons (Fsp3) is 0.188. The van der Waals surface area contributed by atoms with Gasteiger partial charge in [-0.25, -0.2) is 22.4 Å². The third-order valence-electron chi connectivity index (χ3n) is 7.25. The van der Waals surface area contributed by atoms with E-state index in [2.05, 4.69) is 77.3 Å². The molecule has 0 saturated carbocycles. The van der Waals surface area contributed by atoms with Crippen LogP contribution in [-0.2, 0) is 31.9 Å². The van der Waals surface area contributed by atoms with E-state index >= 15 is 0 Å². The lowest BCUT2D eigenvalue weighted by atomic mass is 10.1. The maximum absolute atomic E-state index is 13.3. The van der Waals surface area contributed by atoms with E-state index in [9.17, 15) is 16.8 Å². The number of aryl methyl sites for hydroxylation is 2. The number of H-pyrrole nitrogens is 1. The normalized spacial score (nSPS) is 11.5. The second-order valence-corrected chi connectivity index (χ2v) is 18.4. The van der Waals surface area contributed by atoms with Crippen LogP contribution >= 0.6 is 88.4 Å². The fourth-order valence-corrected chi connectivity index (χ4v) is 11.3. The summed E-state index contributed by atoms with van der Waals surface area (Å²) in [7, 11) is -2.54. The number of thiazole rings is 2. The van der Waals surface area contributed by atoms with Crippen LogP contribution in [0, 0.1) is 0 Å². The summed E-state index contributed by atoms with van der Waals surface area (Å²) in [5.41, 5.74) is 4.22. The van der Waals surface area contributed by atoms with Crippen LogP contribution < -0.4 is 0 Å². The van der Waals surface area contributed by atoms with Crippen molar-refractivity contribution in [3.05, 3.63) is 106 Å². The molecule has 6 heterocycles. The third-order valence-corrected chi connectivity index (χ3v) is 13.3. The van der Waals surface area contributed by atoms with Crippen molar-refractivity contribution in [1.82, 2.24) is 27.7 Å². The second-order valence-electron chi connectivity index (χ2n) is 10.2. The first kappa shape index (κ1) is 41.3. The number of hydrogen-bond acceptors (Lipinski definition) is 8. The number of aromatic amines is 1. The van der Waals surface area contributed by atoms with Crippen molar-refractivity contribution in [3.63, 3.8) is 0 Å². The van der Waals surface area contributed by atoms with E-state index in [4.69, 9.17) is 33.9 Å². The van der Waals surface area contributed by atoms with Gasteiger partial charge in [0, 0.05) is 73.2 Å². The maximum Gasteiger partial charge on any atom is 0.287 e. The Hall–Kier alpha value is -2.41. The number of nitrogens with one attached hydrogen (secondary N) is 1. The minimum Gasteiger partial charge on any atom is -0.361 e. The number of imidazole rings is 2. The molecule has 272 valence electrons. The van der Waals surface area contributed by atoms with Gasteiger partial charge in [-0.15, -0.1) is 22.7 Å². The molecule has 0 unspecified atom stereocenters. The average molecular weight is 958 g/mol. The third kappa shape index (κ3) is 8.39. The van der Waals surface area contributed by atoms with Crippen molar-refractivity contribution in [2.24, 2.45) is 0 Å². The SMILES string of the molecule is BrCCc1c[nH]c2ccccc12.C.C.O=S(=O)(Cl)c1c(Cl)nc2sccn12.O=S(=O)(c1c(Cl)nc2sccn12)n1cc(CCBr)c2ccccc21. The fourth-order valence-electron chi connectivity index (χ4n) is 5.18. The van der Waals surface area contributed by atoms with Crippen LogP contribution in [-0.4, -0.2) is 55.2 Å². The molecule has 1 N–H and O–H groups in total. The molecule has 0 saturated heterocycles. The van der Waals surface area contributed by atoms with E-state index in [-0.39, 0.29) is 35.2 Å². The van der Waals surface area contributed by atoms with Crippen molar-refractivity contribution >= 4 is 139 Å². The van der Waals surface area contributed by atoms with Crippen LogP contribution in [0.2, 0.25) is 10.3 Å². The van der Waals surface area contributed by atoms with Gasteiger partial charge in [0.25, 0.3) is 19.1 Å². The molecule has 0 bridgehead atoms. The van der Waals surface area contributed by atoms with Gasteiger partial charge in [0.1, 0.15) is 0 Å². The summed E-state index contributed by atoms with van der Waals surface area (Å²) in [5, 5.41) is 7.23. The van der Waals surface area contributed by atoms with E-state index < -0.39 is 19.1 Å². The molecule has 6 aromatic heterocycles. The number of benzene rings is 2. The van der Waals surface area contributed by atoms with Crippen LogP contribution in [0.15, 0.2) is 94.1 Å². The zero-order valence-corrected chi connectivity index (χ0v) is 33.5. The number of aromatic nitrogens is 6. The monoisotopic (exact) mass is 954 g/mol. The van der Waals surface area contributed by atoms with Gasteiger partial charge in [0.2, 0.25) is 5.03 Å². The molecule has 0 aliphatic heterocycles.